The number of nitrogens with one attached hydrogen (secondary N) is 1. The van der Waals surface area contributed by atoms with Crippen LogP contribution in [-0.2, 0) is 11.3 Å². The summed E-state index contributed by atoms with van der Waals surface area (Å²) in [5, 5.41) is 3.49. The topological polar surface area (TPSA) is 24.5 Å². The Balaban J connectivity index is 1.68. The second-order valence-electron chi connectivity index (χ2n) is 4.53. The summed E-state index contributed by atoms with van der Waals surface area (Å²) in [6, 6.07) is 4.38. The Labute approximate surface area is 108 Å². The molecule has 1 N–H and O–H groups in total. The minimum Gasteiger partial charge on any atom is -0.374 e. The molecular formula is C13H22N2OS. The molecule has 0 bridgehead atoms. The van der Waals surface area contributed by atoms with Crippen molar-refractivity contribution in [1.82, 2.24) is 10.2 Å². The maximum absolute atomic E-state index is 5.75. The number of likely N-dealkylation sites (N-methyl/N-ethyl adjacent to an activating group) is 1. The molecule has 1 aliphatic heterocycles. The predicted octanol–water partition coefficient (Wildman–Crippen LogP) is 1.87. The van der Waals surface area contributed by atoms with Crippen molar-refractivity contribution in [2.24, 2.45) is 0 Å². The molecule has 0 amide bonds. The first kappa shape index (κ1) is 13.0. The lowest BCUT2D eigenvalue weighted by Crippen LogP contribution is -2.46. The van der Waals surface area contributed by atoms with Gasteiger partial charge in [0.25, 0.3) is 0 Å². The van der Waals surface area contributed by atoms with E-state index in [0.717, 1.165) is 39.3 Å². The van der Waals surface area contributed by atoms with Crippen LogP contribution in [0.4, 0.5) is 0 Å². The summed E-state index contributed by atoms with van der Waals surface area (Å²) in [6.45, 7) is 10.4. The number of nitrogens with zero attached hydrogens (tertiary/aromatic N) is 1. The number of rotatable bonds is 5. The zero-order valence-electron chi connectivity index (χ0n) is 10.7. The second-order valence-corrected chi connectivity index (χ2v) is 5.90. The molecule has 2 rings (SSSR count). The summed E-state index contributed by atoms with van der Waals surface area (Å²) < 4.78 is 5.75. The molecule has 1 fully saturated rings. The molecule has 96 valence electrons. The lowest BCUT2D eigenvalue weighted by atomic mass is 10.2. The molecule has 0 aliphatic carbocycles. The van der Waals surface area contributed by atoms with Crippen molar-refractivity contribution in [2.45, 2.75) is 26.5 Å². The summed E-state index contributed by atoms with van der Waals surface area (Å²) in [5.41, 5.74) is 0. The van der Waals surface area contributed by atoms with Crippen LogP contribution in [0.15, 0.2) is 12.1 Å². The summed E-state index contributed by atoms with van der Waals surface area (Å²) in [5.74, 6) is 0. The average Bonchev–Trinajstić information content (AvgIpc) is 2.75. The second kappa shape index (κ2) is 6.50. The van der Waals surface area contributed by atoms with Crippen LogP contribution in [0.2, 0.25) is 0 Å². The van der Waals surface area contributed by atoms with E-state index in [1.54, 1.807) is 0 Å². The highest BCUT2D eigenvalue weighted by atomic mass is 32.1. The van der Waals surface area contributed by atoms with Crippen LogP contribution >= 0.6 is 11.3 Å². The third kappa shape index (κ3) is 4.07. The summed E-state index contributed by atoms with van der Waals surface area (Å²) >= 11 is 1.87. The molecule has 0 saturated carbocycles. The van der Waals surface area contributed by atoms with E-state index in [4.69, 9.17) is 4.74 Å². The van der Waals surface area contributed by atoms with Crippen LogP contribution in [0.3, 0.4) is 0 Å². The number of aryl methyl sites for hydroxylation is 1. The van der Waals surface area contributed by atoms with Gasteiger partial charge in [-0.2, -0.15) is 0 Å². The normalized spacial score (nSPS) is 21.9. The Morgan fingerprint density at radius 1 is 1.53 bits per heavy atom. The van der Waals surface area contributed by atoms with Gasteiger partial charge >= 0.3 is 0 Å². The highest BCUT2D eigenvalue weighted by Crippen LogP contribution is 2.14. The third-order valence-corrected chi connectivity index (χ3v) is 4.14. The largest absolute Gasteiger partial charge is 0.374 e. The van der Waals surface area contributed by atoms with Crippen LogP contribution in [0.1, 0.15) is 16.7 Å². The van der Waals surface area contributed by atoms with Crippen LogP contribution in [0.5, 0.6) is 0 Å². The Hall–Kier alpha value is -0.420. The van der Waals surface area contributed by atoms with Crippen molar-refractivity contribution >= 4 is 11.3 Å². The first-order valence-electron chi connectivity index (χ1n) is 6.38. The highest BCUT2D eigenvalue weighted by molar-refractivity contribution is 7.11. The standard InChI is InChI=1S/C13H22N2OS/c1-3-15-6-7-16-12(10-15)8-14-9-13-5-4-11(2)17-13/h4-5,12,14H,3,6-10H2,1-2H3/t12-/m1/s1. The van der Waals surface area contributed by atoms with Crippen LogP contribution in [0, 0.1) is 6.92 Å². The zero-order chi connectivity index (χ0) is 12.1. The van der Waals surface area contributed by atoms with Crippen molar-refractivity contribution in [3.8, 4) is 0 Å². The fourth-order valence-electron chi connectivity index (χ4n) is 2.13. The SMILES string of the molecule is CCN1CCO[C@H](CNCc2ccc(C)s2)C1. The monoisotopic (exact) mass is 254 g/mol. The van der Waals surface area contributed by atoms with Crippen molar-refractivity contribution in [3.05, 3.63) is 21.9 Å². The van der Waals surface area contributed by atoms with Crippen molar-refractivity contribution in [2.75, 3.05) is 32.8 Å². The minimum atomic E-state index is 0.352. The summed E-state index contributed by atoms with van der Waals surface area (Å²) in [7, 11) is 0. The lowest BCUT2D eigenvalue weighted by Gasteiger charge is -2.32. The quantitative estimate of drug-likeness (QED) is 0.868. The van der Waals surface area contributed by atoms with Crippen molar-refractivity contribution < 1.29 is 4.74 Å². The van der Waals surface area contributed by atoms with E-state index >= 15 is 0 Å². The molecule has 0 unspecified atom stereocenters. The van der Waals surface area contributed by atoms with E-state index in [1.807, 2.05) is 11.3 Å². The van der Waals surface area contributed by atoms with Gasteiger partial charge in [0, 0.05) is 35.9 Å². The van der Waals surface area contributed by atoms with Gasteiger partial charge in [0.1, 0.15) is 0 Å². The van der Waals surface area contributed by atoms with E-state index in [9.17, 15) is 0 Å². The number of ether oxygens (including phenoxy) is 1. The number of hydrogen-bond donors (Lipinski definition) is 1. The lowest BCUT2D eigenvalue weighted by molar-refractivity contribution is -0.0253. The van der Waals surface area contributed by atoms with E-state index in [1.165, 1.54) is 9.75 Å². The zero-order valence-corrected chi connectivity index (χ0v) is 11.6. The molecule has 0 aromatic carbocycles. The van der Waals surface area contributed by atoms with E-state index < -0.39 is 0 Å². The first-order chi connectivity index (χ1) is 8.28. The Kier molecular flexibility index (Phi) is 4.98. The van der Waals surface area contributed by atoms with E-state index in [-0.39, 0.29) is 0 Å². The summed E-state index contributed by atoms with van der Waals surface area (Å²) in [4.78, 5) is 5.24. The van der Waals surface area contributed by atoms with Crippen LogP contribution in [-0.4, -0.2) is 43.8 Å². The molecule has 2 heterocycles. The fourth-order valence-corrected chi connectivity index (χ4v) is 2.99. The molecule has 1 aliphatic rings. The molecule has 0 radical (unpaired) electrons. The van der Waals surface area contributed by atoms with Gasteiger partial charge in [-0.3, -0.25) is 4.90 Å². The molecule has 1 aromatic heterocycles. The van der Waals surface area contributed by atoms with E-state index in [2.05, 4.69) is 36.2 Å². The third-order valence-electron chi connectivity index (χ3n) is 3.14. The Morgan fingerprint density at radius 2 is 2.41 bits per heavy atom. The van der Waals surface area contributed by atoms with Gasteiger partial charge in [-0.1, -0.05) is 6.92 Å². The molecular weight excluding hydrogens is 232 g/mol. The molecule has 4 heteroatoms. The number of hydrogen-bond acceptors (Lipinski definition) is 4. The Morgan fingerprint density at radius 3 is 3.12 bits per heavy atom. The Bertz CT molecular complexity index is 340. The van der Waals surface area contributed by atoms with Gasteiger partial charge in [-0.15, -0.1) is 11.3 Å². The van der Waals surface area contributed by atoms with Gasteiger partial charge in [-0.05, 0) is 25.6 Å². The maximum Gasteiger partial charge on any atom is 0.0826 e. The molecule has 1 atom stereocenters. The van der Waals surface area contributed by atoms with Gasteiger partial charge in [-0.25, -0.2) is 0 Å². The molecule has 3 nitrogen and oxygen atoms in total. The maximum atomic E-state index is 5.75. The van der Waals surface area contributed by atoms with Gasteiger partial charge in [0.15, 0.2) is 0 Å². The van der Waals surface area contributed by atoms with Crippen LogP contribution in [0.25, 0.3) is 0 Å². The molecule has 17 heavy (non-hydrogen) atoms. The van der Waals surface area contributed by atoms with Crippen molar-refractivity contribution in [3.63, 3.8) is 0 Å². The first-order valence-corrected chi connectivity index (χ1v) is 7.19. The molecule has 1 aromatic rings. The average molecular weight is 254 g/mol. The fraction of sp³-hybridized carbons (Fsp3) is 0.692. The van der Waals surface area contributed by atoms with E-state index in [0.29, 0.717) is 6.10 Å². The molecule has 1 saturated heterocycles. The van der Waals surface area contributed by atoms with Crippen molar-refractivity contribution in [1.29, 1.82) is 0 Å². The smallest absolute Gasteiger partial charge is 0.0826 e. The summed E-state index contributed by atoms with van der Waals surface area (Å²) in [6.07, 6.45) is 0.352. The van der Waals surface area contributed by atoms with Gasteiger partial charge < -0.3 is 10.1 Å². The van der Waals surface area contributed by atoms with Crippen LogP contribution < -0.4 is 5.32 Å². The molecule has 0 spiro atoms. The number of morpholine rings is 1. The van der Waals surface area contributed by atoms with Gasteiger partial charge in [0.2, 0.25) is 0 Å². The number of thiophene rings is 1. The van der Waals surface area contributed by atoms with Gasteiger partial charge in [0.05, 0.1) is 12.7 Å². The minimum absolute atomic E-state index is 0.352. The highest BCUT2D eigenvalue weighted by Gasteiger charge is 2.18. The predicted molar refractivity (Wildman–Crippen MR) is 72.6 cm³/mol.